The predicted molar refractivity (Wildman–Crippen MR) is 111 cm³/mol. The molecule has 0 aliphatic carbocycles. The van der Waals surface area contributed by atoms with Crippen molar-refractivity contribution in [2.45, 2.75) is 24.4 Å². The van der Waals surface area contributed by atoms with Crippen molar-refractivity contribution in [3.8, 4) is 0 Å². The van der Waals surface area contributed by atoms with E-state index >= 15 is 0 Å². The Kier molecular flexibility index (Phi) is 5.31. The quantitative estimate of drug-likeness (QED) is 0.626. The smallest absolute Gasteiger partial charge is 0.0990 e. The summed E-state index contributed by atoms with van der Waals surface area (Å²) in [6, 6.07) is 29.3. The minimum atomic E-state index is -0.537. The molecule has 138 valence electrons. The molecule has 0 spiro atoms. The Morgan fingerprint density at radius 3 is 1.96 bits per heavy atom. The average Bonchev–Trinajstić information content (AvgIpc) is 3.21. The van der Waals surface area contributed by atoms with Gasteiger partial charge in [0, 0.05) is 17.6 Å². The molecule has 0 bridgehead atoms. The summed E-state index contributed by atoms with van der Waals surface area (Å²) in [6.45, 7) is 1.06. The summed E-state index contributed by atoms with van der Waals surface area (Å²) in [7, 11) is 0. The monoisotopic (exact) mass is 377 g/mol. The third-order valence-electron chi connectivity index (χ3n) is 5.67. The summed E-state index contributed by atoms with van der Waals surface area (Å²) in [5.74, 6) is 0. The molecule has 0 saturated carbocycles. The molecule has 3 aromatic carbocycles. The minimum Gasteiger partial charge on any atom is -0.395 e. The highest BCUT2D eigenvalue weighted by Gasteiger charge is 2.47. The lowest BCUT2D eigenvalue weighted by Gasteiger charge is -2.46. The lowest BCUT2D eigenvalue weighted by molar-refractivity contribution is 0.0930. The molecule has 3 aromatic rings. The van der Waals surface area contributed by atoms with Gasteiger partial charge in [-0.3, -0.25) is 4.90 Å². The van der Waals surface area contributed by atoms with Crippen molar-refractivity contribution in [2.75, 3.05) is 13.2 Å². The van der Waals surface area contributed by atoms with Gasteiger partial charge < -0.3 is 5.11 Å². The molecule has 3 heteroatoms. The molecule has 1 fully saturated rings. The zero-order valence-electron chi connectivity index (χ0n) is 15.3. The molecule has 1 N–H and O–H groups in total. The normalized spacial score (nSPS) is 17.9. The molecule has 1 aliphatic rings. The van der Waals surface area contributed by atoms with Crippen LogP contribution in [0.2, 0.25) is 5.02 Å². The lowest BCUT2D eigenvalue weighted by Crippen LogP contribution is -2.51. The molecule has 4 rings (SSSR count). The minimum absolute atomic E-state index is 0.0988. The van der Waals surface area contributed by atoms with Crippen molar-refractivity contribution in [3.63, 3.8) is 0 Å². The number of hydrogen-bond acceptors (Lipinski definition) is 2. The predicted octanol–water partition coefficient (Wildman–Crippen LogP) is 5.09. The molecule has 1 heterocycles. The first-order valence-electron chi connectivity index (χ1n) is 9.52. The Hall–Kier alpha value is -2.13. The Bertz CT molecular complexity index is 842. The number of aliphatic hydroxyl groups excluding tert-OH is 1. The molecule has 1 atom stereocenters. The van der Waals surface area contributed by atoms with Crippen molar-refractivity contribution in [1.29, 1.82) is 0 Å². The topological polar surface area (TPSA) is 23.5 Å². The van der Waals surface area contributed by atoms with Crippen LogP contribution in [0.1, 0.15) is 29.5 Å². The SMILES string of the molecule is OC[C@@H]1CCCN1C(c1ccccc1)(c1ccccc1)c1ccccc1Cl. The zero-order valence-corrected chi connectivity index (χ0v) is 16.0. The van der Waals surface area contributed by atoms with E-state index in [0.717, 1.165) is 30.0 Å². The van der Waals surface area contributed by atoms with Gasteiger partial charge in [0.1, 0.15) is 0 Å². The molecule has 0 unspecified atom stereocenters. The van der Waals surface area contributed by atoms with Crippen molar-refractivity contribution in [3.05, 3.63) is 107 Å². The van der Waals surface area contributed by atoms with Crippen LogP contribution in [-0.4, -0.2) is 29.2 Å². The van der Waals surface area contributed by atoms with E-state index < -0.39 is 5.54 Å². The molecule has 0 aromatic heterocycles. The van der Waals surface area contributed by atoms with Crippen LogP contribution in [0, 0.1) is 0 Å². The maximum absolute atomic E-state index is 10.1. The first-order valence-corrected chi connectivity index (χ1v) is 9.90. The molecular formula is C24H24ClNO. The highest BCUT2D eigenvalue weighted by Crippen LogP contribution is 2.47. The second kappa shape index (κ2) is 7.85. The maximum atomic E-state index is 10.1. The van der Waals surface area contributed by atoms with Gasteiger partial charge in [-0.2, -0.15) is 0 Å². The summed E-state index contributed by atoms with van der Waals surface area (Å²) in [5, 5.41) is 10.9. The van der Waals surface area contributed by atoms with Crippen LogP contribution in [-0.2, 0) is 5.54 Å². The van der Waals surface area contributed by atoms with E-state index in [1.165, 1.54) is 11.1 Å². The van der Waals surface area contributed by atoms with Crippen LogP contribution in [0.25, 0.3) is 0 Å². The van der Waals surface area contributed by atoms with E-state index in [2.05, 4.69) is 59.5 Å². The van der Waals surface area contributed by atoms with Crippen LogP contribution in [0.15, 0.2) is 84.9 Å². The number of nitrogens with zero attached hydrogens (tertiary/aromatic N) is 1. The van der Waals surface area contributed by atoms with Gasteiger partial charge in [-0.25, -0.2) is 0 Å². The van der Waals surface area contributed by atoms with Gasteiger partial charge in [-0.15, -0.1) is 0 Å². The van der Waals surface area contributed by atoms with Crippen molar-refractivity contribution in [1.82, 2.24) is 4.90 Å². The number of rotatable bonds is 5. The molecule has 27 heavy (non-hydrogen) atoms. The van der Waals surface area contributed by atoms with E-state index in [9.17, 15) is 5.11 Å². The molecule has 0 radical (unpaired) electrons. The van der Waals surface area contributed by atoms with Gasteiger partial charge in [-0.05, 0) is 35.6 Å². The van der Waals surface area contributed by atoms with Crippen LogP contribution in [0.5, 0.6) is 0 Å². The Balaban J connectivity index is 2.08. The first-order chi connectivity index (χ1) is 13.3. The zero-order chi connectivity index (χ0) is 18.7. The largest absolute Gasteiger partial charge is 0.395 e. The number of hydrogen-bond donors (Lipinski definition) is 1. The summed E-state index contributed by atoms with van der Waals surface area (Å²) < 4.78 is 0. The Morgan fingerprint density at radius 1 is 0.852 bits per heavy atom. The first kappa shape index (κ1) is 18.2. The van der Waals surface area contributed by atoms with Gasteiger partial charge >= 0.3 is 0 Å². The molecule has 1 aliphatic heterocycles. The van der Waals surface area contributed by atoms with Crippen LogP contribution in [0.4, 0.5) is 0 Å². The maximum Gasteiger partial charge on any atom is 0.0990 e. The lowest BCUT2D eigenvalue weighted by atomic mass is 9.75. The third kappa shape index (κ3) is 3.08. The standard InChI is InChI=1S/C24H24ClNO/c25-23-16-8-7-15-22(23)24(19-10-3-1-4-11-19,20-12-5-2-6-13-20)26-17-9-14-21(26)18-27/h1-8,10-13,15-16,21,27H,9,14,17-18H2/t21-/m0/s1. The van der Waals surface area contributed by atoms with E-state index in [-0.39, 0.29) is 12.6 Å². The fraction of sp³-hybridized carbons (Fsp3) is 0.250. The Labute approximate surface area is 166 Å². The number of likely N-dealkylation sites (tertiary alicyclic amines) is 1. The average molecular weight is 378 g/mol. The summed E-state index contributed by atoms with van der Waals surface area (Å²) in [6.07, 6.45) is 2.06. The van der Waals surface area contributed by atoms with E-state index in [0.29, 0.717) is 0 Å². The van der Waals surface area contributed by atoms with Gasteiger partial charge in [0.25, 0.3) is 0 Å². The summed E-state index contributed by atoms with van der Waals surface area (Å²) >= 11 is 6.79. The van der Waals surface area contributed by atoms with Gasteiger partial charge in [0.2, 0.25) is 0 Å². The molecule has 2 nitrogen and oxygen atoms in total. The van der Waals surface area contributed by atoms with Gasteiger partial charge in [0.15, 0.2) is 0 Å². The second-order valence-corrected chi connectivity index (χ2v) is 7.50. The number of benzene rings is 3. The van der Waals surface area contributed by atoms with Gasteiger partial charge in [-0.1, -0.05) is 90.5 Å². The fourth-order valence-corrected chi connectivity index (χ4v) is 4.82. The van der Waals surface area contributed by atoms with E-state index in [1.807, 2.05) is 30.3 Å². The number of halogens is 1. The third-order valence-corrected chi connectivity index (χ3v) is 6.00. The van der Waals surface area contributed by atoms with Crippen LogP contribution >= 0.6 is 11.6 Å². The van der Waals surface area contributed by atoms with Crippen molar-refractivity contribution in [2.24, 2.45) is 0 Å². The summed E-state index contributed by atoms with van der Waals surface area (Å²) in [4.78, 5) is 2.44. The molecule has 1 saturated heterocycles. The van der Waals surface area contributed by atoms with E-state index in [4.69, 9.17) is 11.6 Å². The highest BCUT2D eigenvalue weighted by molar-refractivity contribution is 6.31. The van der Waals surface area contributed by atoms with Crippen molar-refractivity contribution < 1.29 is 5.11 Å². The molecule has 0 amide bonds. The summed E-state index contributed by atoms with van der Waals surface area (Å²) in [5.41, 5.74) is 2.86. The number of aliphatic hydroxyl groups is 1. The Morgan fingerprint density at radius 2 is 1.41 bits per heavy atom. The fourth-order valence-electron chi connectivity index (χ4n) is 4.54. The van der Waals surface area contributed by atoms with Gasteiger partial charge in [0.05, 0.1) is 12.1 Å². The molecular weight excluding hydrogens is 354 g/mol. The van der Waals surface area contributed by atoms with E-state index in [1.54, 1.807) is 0 Å². The second-order valence-electron chi connectivity index (χ2n) is 7.09. The highest BCUT2D eigenvalue weighted by atomic mass is 35.5. The van der Waals surface area contributed by atoms with Crippen LogP contribution in [0.3, 0.4) is 0 Å². The van der Waals surface area contributed by atoms with Crippen molar-refractivity contribution >= 4 is 11.6 Å². The van der Waals surface area contributed by atoms with Crippen LogP contribution < -0.4 is 0 Å².